The molecular formula is C14H22N4OS. The number of aromatic nitrogens is 2. The van der Waals surface area contributed by atoms with Crippen molar-refractivity contribution in [3.8, 4) is 0 Å². The first-order chi connectivity index (χ1) is 9.75. The largest absolute Gasteiger partial charge is 0.337 e. The van der Waals surface area contributed by atoms with Gasteiger partial charge in [-0.2, -0.15) is 8.75 Å². The number of aryl methyl sites for hydroxylation is 1. The number of carbonyl (C=O) groups is 1. The van der Waals surface area contributed by atoms with Crippen LogP contribution in [0.5, 0.6) is 0 Å². The van der Waals surface area contributed by atoms with E-state index in [4.69, 9.17) is 0 Å². The molecule has 1 N–H and O–H groups in total. The van der Waals surface area contributed by atoms with E-state index >= 15 is 0 Å². The van der Waals surface area contributed by atoms with Gasteiger partial charge >= 0.3 is 0 Å². The summed E-state index contributed by atoms with van der Waals surface area (Å²) in [5, 5.41) is 3.43. The van der Waals surface area contributed by atoms with Crippen molar-refractivity contribution < 1.29 is 4.79 Å². The quantitative estimate of drug-likeness (QED) is 0.902. The lowest BCUT2D eigenvalue weighted by molar-refractivity contribution is 0.0636. The lowest BCUT2D eigenvalue weighted by atomic mass is 9.79. The summed E-state index contributed by atoms with van der Waals surface area (Å²) in [6.07, 6.45) is 4.89. The van der Waals surface area contributed by atoms with Crippen molar-refractivity contribution in [1.29, 1.82) is 0 Å². The maximum atomic E-state index is 12.4. The molecule has 20 heavy (non-hydrogen) atoms. The summed E-state index contributed by atoms with van der Waals surface area (Å²) in [6, 6.07) is 0. The van der Waals surface area contributed by atoms with Crippen LogP contribution in [0, 0.1) is 18.8 Å². The van der Waals surface area contributed by atoms with E-state index in [1.54, 1.807) is 0 Å². The van der Waals surface area contributed by atoms with Crippen molar-refractivity contribution in [3.63, 3.8) is 0 Å². The molecule has 0 saturated carbocycles. The third-order valence-corrected chi connectivity index (χ3v) is 5.35. The molecule has 1 amide bonds. The number of likely N-dealkylation sites (tertiary alicyclic amines) is 1. The molecule has 5 nitrogen and oxygen atoms in total. The zero-order valence-electron chi connectivity index (χ0n) is 12.0. The van der Waals surface area contributed by atoms with Crippen LogP contribution in [-0.2, 0) is 0 Å². The molecule has 2 aliphatic heterocycles. The number of piperidine rings is 2. The molecule has 0 spiro atoms. The van der Waals surface area contributed by atoms with Gasteiger partial charge in [-0.1, -0.05) is 0 Å². The molecule has 110 valence electrons. The van der Waals surface area contributed by atoms with Crippen LogP contribution in [-0.4, -0.2) is 45.7 Å². The number of hydrogen-bond donors (Lipinski definition) is 1. The van der Waals surface area contributed by atoms with Crippen LogP contribution in [0.1, 0.15) is 41.9 Å². The molecular weight excluding hydrogens is 272 g/mol. The average molecular weight is 294 g/mol. The van der Waals surface area contributed by atoms with Gasteiger partial charge in [0, 0.05) is 13.1 Å². The zero-order valence-corrected chi connectivity index (χ0v) is 12.8. The third-order valence-electron chi connectivity index (χ3n) is 4.73. The fraction of sp³-hybridized carbons (Fsp3) is 0.786. The Bertz CT molecular complexity index is 461. The van der Waals surface area contributed by atoms with Crippen LogP contribution in [0.2, 0.25) is 0 Å². The predicted molar refractivity (Wildman–Crippen MR) is 78.9 cm³/mol. The minimum atomic E-state index is 0.0695. The molecule has 1 aromatic rings. The van der Waals surface area contributed by atoms with E-state index in [1.165, 1.54) is 12.8 Å². The summed E-state index contributed by atoms with van der Waals surface area (Å²) in [7, 11) is 0. The summed E-state index contributed by atoms with van der Waals surface area (Å²) < 4.78 is 8.23. The van der Waals surface area contributed by atoms with Gasteiger partial charge in [-0.25, -0.2) is 0 Å². The zero-order chi connectivity index (χ0) is 13.9. The highest BCUT2D eigenvalue weighted by Gasteiger charge is 2.30. The molecule has 0 unspecified atom stereocenters. The Morgan fingerprint density at radius 3 is 2.40 bits per heavy atom. The van der Waals surface area contributed by atoms with Crippen molar-refractivity contribution in [2.24, 2.45) is 11.8 Å². The Balaban J connectivity index is 1.55. The molecule has 1 aromatic heterocycles. The van der Waals surface area contributed by atoms with Crippen molar-refractivity contribution >= 4 is 17.6 Å². The van der Waals surface area contributed by atoms with E-state index in [0.29, 0.717) is 5.69 Å². The fourth-order valence-corrected chi connectivity index (χ4v) is 4.01. The number of nitrogens with zero attached hydrogens (tertiary/aromatic N) is 3. The monoisotopic (exact) mass is 294 g/mol. The topological polar surface area (TPSA) is 58.1 Å². The second-order valence-corrected chi connectivity index (χ2v) is 6.44. The molecule has 3 heterocycles. The van der Waals surface area contributed by atoms with Crippen molar-refractivity contribution in [2.45, 2.75) is 32.6 Å². The van der Waals surface area contributed by atoms with Gasteiger partial charge in [0.05, 0.1) is 17.4 Å². The van der Waals surface area contributed by atoms with E-state index in [-0.39, 0.29) is 5.91 Å². The first-order valence-corrected chi connectivity index (χ1v) is 8.28. The fourth-order valence-electron chi connectivity index (χ4n) is 3.46. The van der Waals surface area contributed by atoms with Gasteiger partial charge in [0.1, 0.15) is 0 Å². The Labute approximate surface area is 124 Å². The Kier molecular flexibility index (Phi) is 4.31. The molecule has 0 atom stereocenters. The maximum Gasteiger partial charge on any atom is 0.275 e. The number of carbonyl (C=O) groups excluding carboxylic acids is 1. The molecule has 2 saturated heterocycles. The third kappa shape index (κ3) is 2.86. The van der Waals surface area contributed by atoms with E-state index in [1.807, 2.05) is 11.8 Å². The number of rotatable bonds is 2. The Hall–Kier alpha value is -1.01. The number of nitrogens with one attached hydrogen (secondary N) is 1. The summed E-state index contributed by atoms with van der Waals surface area (Å²) in [6.45, 7) is 5.94. The van der Waals surface area contributed by atoms with Gasteiger partial charge in [0.15, 0.2) is 5.69 Å². The van der Waals surface area contributed by atoms with Crippen molar-refractivity contribution in [2.75, 3.05) is 26.2 Å². The van der Waals surface area contributed by atoms with Crippen molar-refractivity contribution in [1.82, 2.24) is 19.0 Å². The van der Waals surface area contributed by atoms with Gasteiger partial charge in [0.25, 0.3) is 5.91 Å². The minimum Gasteiger partial charge on any atom is -0.337 e. The smallest absolute Gasteiger partial charge is 0.275 e. The average Bonchev–Trinajstić information content (AvgIpc) is 2.94. The number of hydrogen-bond acceptors (Lipinski definition) is 5. The van der Waals surface area contributed by atoms with E-state index in [2.05, 4.69) is 14.1 Å². The molecule has 2 fully saturated rings. The van der Waals surface area contributed by atoms with Crippen LogP contribution in [0.15, 0.2) is 0 Å². The summed E-state index contributed by atoms with van der Waals surface area (Å²) in [4.78, 5) is 14.3. The van der Waals surface area contributed by atoms with Crippen LogP contribution in [0.4, 0.5) is 0 Å². The van der Waals surface area contributed by atoms with Gasteiger partial charge < -0.3 is 10.2 Å². The highest BCUT2D eigenvalue weighted by Crippen LogP contribution is 2.31. The highest BCUT2D eigenvalue weighted by atomic mass is 32.1. The summed E-state index contributed by atoms with van der Waals surface area (Å²) in [5.74, 6) is 1.73. The Morgan fingerprint density at radius 2 is 1.80 bits per heavy atom. The summed E-state index contributed by atoms with van der Waals surface area (Å²) >= 11 is 1.13. The van der Waals surface area contributed by atoms with Crippen LogP contribution in [0.3, 0.4) is 0 Å². The molecule has 3 rings (SSSR count). The predicted octanol–water partition coefficient (Wildman–Crippen LogP) is 1.70. The second-order valence-electron chi connectivity index (χ2n) is 5.92. The second kappa shape index (κ2) is 6.18. The maximum absolute atomic E-state index is 12.4. The van der Waals surface area contributed by atoms with E-state index in [0.717, 1.165) is 68.3 Å². The van der Waals surface area contributed by atoms with E-state index < -0.39 is 0 Å². The van der Waals surface area contributed by atoms with Gasteiger partial charge in [-0.05, 0) is 57.5 Å². The number of amides is 1. The lowest BCUT2D eigenvalue weighted by Crippen LogP contribution is -2.42. The van der Waals surface area contributed by atoms with Gasteiger partial charge in [-0.3, -0.25) is 4.79 Å². The van der Waals surface area contributed by atoms with Crippen LogP contribution >= 0.6 is 11.7 Å². The Morgan fingerprint density at radius 1 is 1.15 bits per heavy atom. The normalized spacial score (nSPS) is 22.1. The molecule has 0 aromatic carbocycles. The standard InChI is InChI=1S/C14H22N4OS/c1-10-13(17-20-16-10)14(19)18-8-4-12(5-9-18)11-2-6-15-7-3-11/h11-12,15H,2-9H2,1H3. The lowest BCUT2D eigenvalue weighted by Gasteiger charge is -2.37. The first-order valence-electron chi connectivity index (χ1n) is 7.55. The molecule has 0 bridgehead atoms. The molecule has 2 aliphatic rings. The molecule has 0 radical (unpaired) electrons. The SMILES string of the molecule is Cc1nsnc1C(=O)N1CCC(C2CCNCC2)CC1. The summed E-state index contributed by atoms with van der Waals surface area (Å²) in [5.41, 5.74) is 1.32. The molecule has 0 aliphatic carbocycles. The van der Waals surface area contributed by atoms with Gasteiger partial charge in [0.2, 0.25) is 0 Å². The van der Waals surface area contributed by atoms with Crippen LogP contribution in [0.25, 0.3) is 0 Å². The van der Waals surface area contributed by atoms with E-state index in [9.17, 15) is 4.79 Å². The van der Waals surface area contributed by atoms with Crippen LogP contribution < -0.4 is 5.32 Å². The van der Waals surface area contributed by atoms with Crippen molar-refractivity contribution in [3.05, 3.63) is 11.4 Å². The van der Waals surface area contributed by atoms with Gasteiger partial charge in [-0.15, -0.1) is 0 Å². The molecule has 6 heteroatoms. The highest BCUT2D eigenvalue weighted by molar-refractivity contribution is 6.99. The minimum absolute atomic E-state index is 0.0695. The first kappa shape index (κ1) is 13.9.